The minimum absolute atomic E-state index is 0.0364. The SMILES string of the molecule is COc1cccc(C(O)O)c1O. The van der Waals surface area contributed by atoms with Gasteiger partial charge in [-0.3, -0.25) is 0 Å². The Hall–Kier alpha value is -1.26. The van der Waals surface area contributed by atoms with Crippen LogP contribution in [0.5, 0.6) is 11.5 Å². The Balaban J connectivity index is 3.14. The van der Waals surface area contributed by atoms with Gasteiger partial charge in [-0.2, -0.15) is 0 Å². The zero-order valence-corrected chi connectivity index (χ0v) is 6.56. The predicted molar refractivity (Wildman–Crippen MR) is 41.8 cm³/mol. The van der Waals surface area contributed by atoms with E-state index >= 15 is 0 Å². The fourth-order valence-electron chi connectivity index (χ4n) is 0.912. The van der Waals surface area contributed by atoms with Crippen molar-refractivity contribution in [3.05, 3.63) is 23.8 Å². The van der Waals surface area contributed by atoms with Crippen molar-refractivity contribution in [3.63, 3.8) is 0 Å². The van der Waals surface area contributed by atoms with Crippen molar-refractivity contribution in [2.24, 2.45) is 0 Å². The van der Waals surface area contributed by atoms with Crippen LogP contribution >= 0.6 is 0 Å². The van der Waals surface area contributed by atoms with Crippen molar-refractivity contribution in [1.82, 2.24) is 0 Å². The van der Waals surface area contributed by atoms with Gasteiger partial charge in [0.05, 0.1) is 12.7 Å². The second kappa shape index (κ2) is 3.42. The van der Waals surface area contributed by atoms with Crippen LogP contribution in [0.25, 0.3) is 0 Å². The van der Waals surface area contributed by atoms with Gasteiger partial charge in [-0.25, -0.2) is 0 Å². The maximum Gasteiger partial charge on any atom is 0.182 e. The Kier molecular flexibility index (Phi) is 2.52. The van der Waals surface area contributed by atoms with Gasteiger partial charge in [0.25, 0.3) is 0 Å². The summed E-state index contributed by atoms with van der Waals surface area (Å²) < 4.78 is 4.76. The summed E-state index contributed by atoms with van der Waals surface area (Å²) in [5, 5.41) is 26.8. The van der Waals surface area contributed by atoms with Crippen LogP contribution in [-0.2, 0) is 0 Å². The molecule has 0 aliphatic rings. The molecule has 0 atom stereocenters. The molecule has 0 spiro atoms. The number of aromatic hydroxyl groups is 1. The van der Waals surface area contributed by atoms with Crippen LogP contribution < -0.4 is 4.74 Å². The molecule has 0 fully saturated rings. The van der Waals surface area contributed by atoms with Gasteiger partial charge in [0.15, 0.2) is 17.8 Å². The molecule has 0 aromatic heterocycles. The van der Waals surface area contributed by atoms with E-state index in [1.54, 1.807) is 6.07 Å². The highest BCUT2D eigenvalue weighted by atomic mass is 16.5. The van der Waals surface area contributed by atoms with E-state index in [2.05, 4.69) is 0 Å². The van der Waals surface area contributed by atoms with Gasteiger partial charge >= 0.3 is 0 Å². The van der Waals surface area contributed by atoms with Gasteiger partial charge in [-0.15, -0.1) is 0 Å². The van der Waals surface area contributed by atoms with E-state index in [0.29, 0.717) is 0 Å². The molecular formula is C8H10O4. The molecule has 0 saturated heterocycles. The van der Waals surface area contributed by atoms with E-state index in [0.717, 1.165) is 0 Å². The number of rotatable bonds is 2. The monoisotopic (exact) mass is 170 g/mol. The van der Waals surface area contributed by atoms with Gasteiger partial charge in [-0.1, -0.05) is 6.07 Å². The smallest absolute Gasteiger partial charge is 0.182 e. The van der Waals surface area contributed by atoms with E-state index in [1.807, 2.05) is 0 Å². The average molecular weight is 170 g/mol. The first-order chi connectivity index (χ1) is 5.66. The zero-order valence-electron chi connectivity index (χ0n) is 6.56. The van der Waals surface area contributed by atoms with Crippen molar-refractivity contribution in [1.29, 1.82) is 0 Å². The lowest BCUT2D eigenvalue weighted by molar-refractivity contribution is -0.0440. The molecule has 1 rings (SSSR count). The predicted octanol–water partition coefficient (Wildman–Crippen LogP) is 0.384. The summed E-state index contributed by atoms with van der Waals surface area (Å²) in [5.41, 5.74) is 0.0364. The molecule has 3 N–H and O–H groups in total. The molecule has 0 unspecified atom stereocenters. The van der Waals surface area contributed by atoms with Crippen LogP contribution in [0.4, 0.5) is 0 Å². The van der Waals surface area contributed by atoms with Gasteiger partial charge in [0.1, 0.15) is 0 Å². The maximum atomic E-state index is 9.31. The molecule has 0 aliphatic heterocycles. The number of hydrogen-bond donors (Lipinski definition) is 3. The van der Waals surface area contributed by atoms with Crippen LogP contribution in [0, 0.1) is 0 Å². The summed E-state index contributed by atoms with van der Waals surface area (Å²) in [5.74, 6) is -0.0180. The summed E-state index contributed by atoms with van der Waals surface area (Å²) in [7, 11) is 1.39. The normalized spacial score (nSPS) is 10.3. The maximum absolute atomic E-state index is 9.31. The Bertz CT molecular complexity index is 270. The number of phenols is 1. The summed E-state index contributed by atoms with van der Waals surface area (Å²) in [6, 6.07) is 4.50. The van der Waals surface area contributed by atoms with E-state index in [9.17, 15) is 5.11 Å². The lowest BCUT2D eigenvalue weighted by Crippen LogP contribution is -1.96. The molecule has 0 aliphatic carbocycles. The van der Waals surface area contributed by atoms with Crippen molar-refractivity contribution < 1.29 is 20.1 Å². The number of aliphatic hydroxyl groups excluding tert-OH is 1. The summed E-state index contributed by atoms with van der Waals surface area (Å²) >= 11 is 0. The Morgan fingerprint density at radius 1 is 1.33 bits per heavy atom. The number of para-hydroxylation sites is 1. The molecule has 0 heterocycles. The average Bonchev–Trinajstić information content (AvgIpc) is 2.04. The van der Waals surface area contributed by atoms with E-state index < -0.39 is 6.29 Å². The fraction of sp³-hybridized carbons (Fsp3) is 0.250. The third kappa shape index (κ3) is 1.49. The van der Waals surface area contributed by atoms with E-state index in [4.69, 9.17) is 14.9 Å². The number of ether oxygens (including phenoxy) is 1. The minimum Gasteiger partial charge on any atom is -0.504 e. The number of benzene rings is 1. The second-order valence-corrected chi connectivity index (χ2v) is 2.27. The van der Waals surface area contributed by atoms with Gasteiger partial charge in [0, 0.05) is 0 Å². The van der Waals surface area contributed by atoms with Crippen LogP contribution in [0.15, 0.2) is 18.2 Å². The Morgan fingerprint density at radius 2 is 2.00 bits per heavy atom. The highest BCUT2D eigenvalue weighted by Gasteiger charge is 2.11. The third-order valence-electron chi connectivity index (χ3n) is 1.53. The van der Waals surface area contributed by atoms with Crippen LogP contribution in [0.1, 0.15) is 11.9 Å². The van der Waals surface area contributed by atoms with Gasteiger partial charge in [-0.05, 0) is 12.1 Å². The lowest BCUT2D eigenvalue weighted by Gasteiger charge is -2.09. The standard InChI is InChI=1S/C8H10O4/c1-12-6-4-2-3-5(7(6)9)8(10)11/h2-4,8-11H,1H3. The van der Waals surface area contributed by atoms with E-state index in [-0.39, 0.29) is 17.1 Å². The summed E-state index contributed by atoms with van der Waals surface area (Å²) in [6.45, 7) is 0. The van der Waals surface area contributed by atoms with Gasteiger partial charge < -0.3 is 20.1 Å². The molecule has 12 heavy (non-hydrogen) atoms. The van der Waals surface area contributed by atoms with Crippen LogP contribution in [-0.4, -0.2) is 22.4 Å². The lowest BCUT2D eigenvalue weighted by atomic mass is 10.2. The highest BCUT2D eigenvalue weighted by Crippen LogP contribution is 2.32. The number of methoxy groups -OCH3 is 1. The largest absolute Gasteiger partial charge is 0.504 e. The zero-order chi connectivity index (χ0) is 9.14. The number of phenolic OH excluding ortho intramolecular Hbond substituents is 1. The topological polar surface area (TPSA) is 69.9 Å². The highest BCUT2D eigenvalue weighted by molar-refractivity contribution is 5.45. The third-order valence-corrected chi connectivity index (χ3v) is 1.53. The molecule has 1 aromatic rings. The van der Waals surface area contributed by atoms with Crippen LogP contribution in [0.2, 0.25) is 0 Å². The van der Waals surface area contributed by atoms with Crippen molar-refractivity contribution >= 4 is 0 Å². The second-order valence-electron chi connectivity index (χ2n) is 2.27. The summed E-state index contributed by atoms with van der Waals surface area (Å²) in [6.07, 6.45) is -1.68. The van der Waals surface area contributed by atoms with Crippen molar-refractivity contribution in [3.8, 4) is 11.5 Å². The Morgan fingerprint density at radius 3 is 2.50 bits per heavy atom. The number of aliphatic hydroxyl groups is 2. The summed E-state index contributed by atoms with van der Waals surface area (Å²) in [4.78, 5) is 0. The van der Waals surface area contributed by atoms with Crippen LogP contribution in [0.3, 0.4) is 0 Å². The number of hydrogen-bond acceptors (Lipinski definition) is 4. The molecule has 66 valence electrons. The molecule has 0 amide bonds. The first-order valence-electron chi connectivity index (χ1n) is 3.39. The molecule has 0 saturated carbocycles. The molecule has 0 bridgehead atoms. The quantitative estimate of drug-likeness (QED) is 0.561. The Labute approximate surface area is 69.7 Å². The van der Waals surface area contributed by atoms with Crippen molar-refractivity contribution in [2.75, 3.05) is 7.11 Å². The van der Waals surface area contributed by atoms with Gasteiger partial charge in [0.2, 0.25) is 0 Å². The molecular weight excluding hydrogens is 160 g/mol. The molecule has 4 nitrogen and oxygen atoms in total. The first-order valence-corrected chi connectivity index (χ1v) is 3.39. The molecule has 1 aromatic carbocycles. The minimum atomic E-state index is -1.68. The molecule has 4 heteroatoms. The van der Waals surface area contributed by atoms with Crippen molar-refractivity contribution in [2.45, 2.75) is 6.29 Å². The van der Waals surface area contributed by atoms with E-state index in [1.165, 1.54) is 19.2 Å². The first kappa shape index (κ1) is 8.83. The fourth-order valence-corrected chi connectivity index (χ4v) is 0.912. The molecule has 0 radical (unpaired) electrons.